The van der Waals surface area contributed by atoms with Crippen molar-refractivity contribution in [1.82, 2.24) is 19.9 Å². The lowest BCUT2D eigenvalue weighted by molar-refractivity contribution is -0.143. The molecule has 0 aromatic carbocycles. The first kappa shape index (κ1) is 25.2. The number of nitriles is 1. The molecule has 2 amide bonds. The molecule has 10 heteroatoms. The Morgan fingerprint density at radius 2 is 2.20 bits per heavy atom. The summed E-state index contributed by atoms with van der Waals surface area (Å²) in [6.07, 6.45) is 6.51. The second-order valence-corrected chi connectivity index (χ2v) is 11.3. The van der Waals surface area contributed by atoms with Crippen LogP contribution in [0.4, 0.5) is 5.13 Å². The van der Waals surface area contributed by atoms with E-state index in [1.165, 1.54) is 29.9 Å². The number of hydrogen-bond acceptors (Lipinski definition) is 8. The third-order valence-corrected chi connectivity index (χ3v) is 8.89. The molecule has 2 N–H and O–H groups in total. The lowest BCUT2D eigenvalue weighted by Crippen LogP contribution is -2.53. The maximum absolute atomic E-state index is 13.0. The molecule has 2 aliphatic carbocycles. The van der Waals surface area contributed by atoms with Gasteiger partial charge in [-0.05, 0) is 36.5 Å². The zero-order valence-electron chi connectivity index (χ0n) is 20.6. The molecular formula is C25H32N6O3S. The highest BCUT2D eigenvalue weighted by Gasteiger charge is 2.54. The highest BCUT2D eigenvalue weighted by Crippen LogP contribution is 2.57. The number of fused-ring (bicyclic) bond motifs is 2. The molecule has 186 valence electrons. The molecule has 9 nitrogen and oxygen atoms in total. The second-order valence-electron chi connectivity index (χ2n) is 10.2. The summed E-state index contributed by atoms with van der Waals surface area (Å²) in [7, 11) is 1.72. The average molecular weight is 497 g/mol. The summed E-state index contributed by atoms with van der Waals surface area (Å²) in [5.41, 5.74) is 1.03. The topological polar surface area (TPSA) is 132 Å². The van der Waals surface area contributed by atoms with E-state index in [-0.39, 0.29) is 46.6 Å². The highest BCUT2D eigenvalue weighted by molar-refractivity contribution is 7.15. The molecule has 1 saturated carbocycles. The van der Waals surface area contributed by atoms with Crippen molar-refractivity contribution in [2.45, 2.75) is 58.5 Å². The molecule has 0 spiro atoms. The van der Waals surface area contributed by atoms with Crippen molar-refractivity contribution in [3.8, 4) is 6.07 Å². The van der Waals surface area contributed by atoms with Gasteiger partial charge in [-0.2, -0.15) is 5.26 Å². The van der Waals surface area contributed by atoms with Crippen LogP contribution in [0, 0.1) is 34.5 Å². The number of nitrogens with one attached hydrogen (secondary N) is 1. The van der Waals surface area contributed by atoms with Gasteiger partial charge in [0.25, 0.3) is 5.91 Å². The standard InChI is InChI=1S/C25H32N6O3S/c1-14(23(34)31(4)11-5-8-26)16-6-7-25(3)12-18-20(15(2)19(25)21(16)32)29-24(35-18)30-22(33)17-13-27-9-10-28-17/h9-10,13-16,19,21,32H,5-7,11-12H2,1-4H3,(H,29,30,33). The Morgan fingerprint density at radius 3 is 2.89 bits per heavy atom. The van der Waals surface area contributed by atoms with E-state index in [4.69, 9.17) is 10.2 Å². The van der Waals surface area contributed by atoms with E-state index in [0.717, 1.165) is 29.8 Å². The number of aliphatic hydroxyl groups excluding tert-OH is 1. The van der Waals surface area contributed by atoms with Gasteiger partial charge in [-0.1, -0.05) is 20.8 Å². The number of carbonyl (C=O) groups excluding carboxylic acids is 2. The predicted molar refractivity (Wildman–Crippen MR) is 132 cm³/mol. The Morgan fingerprint density at radius 1 is 1.43 bits per heavy atom. The SMILES string of the molecule is CC(C(=O)N(C)CCC#N)C1CCC2(C)Cc3sc(NC(=O)c4cnccn4)nc3C(C)C2C1O. The van der Waals surface area contributed by atoms with E-state index in [0.29, 0.717) is 18.1 Å². The van der Waals surface area contributed by atoms with Gasteiger partial charge in [0.05, 0.1) is 30.5 Å². The summed E-state index contributed by atoms with van der Waals surface area (Å²) in [5, 5.41) is 23.8. The molecule has 2 heterocycles. The number of carbonyl (C=O) groups is 2. The average Bonchev–Trinajstić information content (AvgIpc) is 3.24. The molecule has 6 atom stereocenters. The summed E-state index contributed by atoms with van der Waals surface area (Å²) in [5.74, 6) is -0.918. The second kappa shape index (κ2) is 9.99. The number of nitrogens with zero attached hydrogens (tertiary/aromatic N) is 5. The van der Waals surface area contributed by atoms with Crippen molar-refractivity contribution in [2.24, 2.45) is 23.2 Å². The van der Waals surface area contributed by atoms with Crippen molar-refractivity contribution in [1.29, 1.82) is 5.26 Å². The van der Waals surface area contributed by atoms with Crippen LogP contribution in [-0.2, 0) is 11.2 Å². The number of aromatic nitrogens is 3. The van der Waals surface area contributed by atoms with Crippen LogP contribution in [0.25, 0.3) is 0 Å². The number of thiazole rings is 1. The molecule has 4 rings (SSSR count). The molecular weight excluding hydrogens is 464 g/mol. The first-order valence-electron chi connectivity index (χ1n) is 12.0. The largest absolute Gasteiger partial charge is 0.392 e. The van der Waals surface area contributed by atoms with E-state index in [1.807, 2.05) is 6.92 Å². The van der Waals surface area contributed by atoms with E-state index in [9.17, 15) is 14.7 Å². The number of rotatable bonds is 6. The zero-order chi connectivity index (χ0) is 25.3. The summed E-state index contributed by atoms with van der Waals surface area (Å²) < 4.78 is 0. The van der Waals surface area contributed by atoms with Gasteiger partial charge in [-0.15, -0.1) is 11.3 Å². The quantitative estimate of drug-likeness (QED) is 0.627. The fraction of sp³-hybridized carbons (Fsp3) is 0.600. The van der Waals surface area contributed by atoms with Gasteiger partial charge in [0.2, 0.25) is 5.91 Å². The molecule has 2 aromatic heterocycles. The van der Waals surface area contributed by atoms with Crippen LogP contribution in [0.1, 0.15) is 67.0 Å². The van der Waals surface area contributed by atoms with Crippen molar-refractivity contribution in [2.75, 3.05) is 18.9 Å². The highest BCUT2D eigenvalue weighted by atomic mass is 32.1. The fourth-order valence-electron chi connectivity index (χ4n) is 6.04. The third-order valence-electron chi connectivity index (χ3n) is 7.91. The van der Waals surface area contributed by atoms with Crippen LogP contribution in [0.5, 0.6) is 0 Å². The van der Waals surface area contributed by atoms with E-state index in [1.54, 1.807) is 11.9 Å². The van der Waals surface area contributed by atoms with E-state index >= 15 is 0 Å². The number of aliphatic hydroxyl groups is 1. The Hall–Kier alpha value is -2.90. The predicted octanol–water partition coefficient (Wildman–Crippen LogP) is 3.25. The summed E-state index contributed by atoms with van der Waals surface area (Å²) in [4.78, 5) is 41.0. The zero-order valence-corrected chi connectivity index (χ0v) is 21.4. The fourth-order valence-corrected chi connectivity index (χ4v) is 7.30. The molecule has 1 fully saturated rings. The van der Waals surface area contributed by atoms with Gasteiger partial charge in [-0.25, -0.2) is 9.97 Å². The number of amides is 2. The maximum Gasteiger partial charge on any atom is 0.277 e. The summed E-state index contributed by atoms with van der Waals surface area (Å²) in [6.45, 7) is 6.60. The number of anilines is 1. The van der Waals surface area contributed by atoms with Crippen molar-refractivity contribution in [3.05, 3.63) is 34.9 Å². The van der Waals surface area contributed by atoms with E-state index in [2.05, 4.69) is 35.2 Å². The molecule has 0 bridgehead atoms. The molecule has 2 aromatic rings. The van der Waals surface area contributed by atoms with Gasteiger partial charge in [0, 0.05) is 42.7 Å². The van der Waals surface area contributed by atoms with Crippen LogP contribution in [-0.4, -0.2) is 56.5 Å². The van der Waals surface area contributed by atoms with Crippen LogP contribution < -0.4 is 5.32 Å². The Labute approximate surface area is 209 Å². The minimum atomic E-state index is -0.639. The van der Waals surface area contributed by atoms with Gasteiger partial charge >= 0.3 is 0 Å². The molecule has 2 aliphatic rings. The molecule has 6 unspecified atom stereocenters. The van der Waals surface area contributed by atoms with Crippen LogP contribution in [0.15, 0.2) is 18.6 Å². The Bertz CT molecular complexity index is 1130. The minimum absolute atomic E-state index is 0.0152. The van der Waals surface area contributed by atoms with Gasteiger partial charge in [0.1, 0.15) is 5.69 Å². The van der Waals surface area contributed by atoms with E-state index < -0.39 is 6.10 Å². The summed E-state index contributed by atoms with van der Waals surface area (Å²) >= 11 is 1.48. The molecule has 35 heavy (non-hydrogen) atoms. The lowest BCUT2D eigenvalue weighted by atomic mass is 9.53. The lowest BCUT2D eigenvalue weighted by Gasteiger charge is -2.53. The molecule has 0 aliphatic heterocycles. The summed E-state index contributed by atoms with van der Waals surface area (Å²) in [6, 6.07) is 2.08. The van der Waals surface area contributed by atoms with Crippen molar-refractivity contribution >= 4 is 28.3 Å². The van der Waals surface area contributed by atoms with Crippen LogP contribution in [0.2, 0.25) is 0 Å². The first-order chi connectivity index (χ1) is 16.7. The van der Waals surface area contributed by atoms with Crippen molar-refractivity contribution < 1.29 is 14.7 Å². The first-order valence-corrected chi connectivity index (χ1v) is 12.8. The Balaban J connectivity index is 1.52. The van der Waals surface area contributed by atoms with Gasteiger partial charge in [-0.3, -0.25) is 19.9 Å². The minimum Gasteiger partial charge on any atom is -0.392 e. The van der Waals surface area contributed by atoms with Gasteiger partial charge in [0.15, 0.2) is 5.13 Å². The third kappa shape index (κ3) is 4.80. The molecule has 0 radical (unpaired) electrons. The van der Waals surface area contributed by atoms with Crippen LogP contribution in [0.3, 0.4) is 0 Å². The smallest absolute Gasteiger partial charge is 0.277 e. The number of hydrogen-bond donors (Lipinski definition) is 2. The van der Waals surface area contributed by atoms with Gasteiger partial charge < -0.3 is 10.0 Å². The maximum atomic E-state index is 13.0. The van der Waals surface area contributed by atoms with Crippen LogP contribution >= 0.6 is 11.3 Å². The monoisotopic (exact) mass is 496 g/mol. The normalized spacial score (nSPS) is 28.2. The Kier molecular flexibility index (Phi) is 7.20. The van der Waals surface area contributed by atoms with Crippen molar-refractivity contribution in [3.63, 3.8) is 0 Å². The molecule has 0 saturated heterocycles.